The summed E-state index contributed by atoms with van der Waals surface area (Å²) in [6.07, 6.45) is 7.68. The van der Waals surface area contributed by atoms with Crippen molar-refractivity contribution in [3.8, 4) is 11.1 Å². The van der Waals surface area contributed by atoms with Crippen LogP contribution in [0.25, 0.3) is 11.1 Å². The van der Waals surface area contributed by atoms with Gasteiger partial charge < -0.3 is 0 Å². The lowest BCUT2D eigenvalue weighted by Gasteiger charge is -2.28. The Hall–Kier alpha value is -1.63. The van der Waals surface area contributed by atoms with Gasteiger partial charge in [-0.25, -0.2) is 4.39 Å². The van der Waals surface area contributed by atoms with E-state index in [1.807, 2.05) is 30.3 Å². The summed E-state index contributed by atoms with van der Waals surface area (Å²) in [6.45, 7) is 4.32. The van der Waals surface area contributed by atoms with E-state index in [9.17, 15) is 4.39 Å². The Morgan fingerprint density at radius 2 is 1.65 bits per heavy atom. The molecule has 0 heterocycles. The standard InChI is InChI=1S/C22H27F/c1-3-4-17-7-11-18(12-8-17)20-13-14-21(22(23)15-20)19-9-5-16(2)6-10-19/h5-6,9-10,13-15,17-18H,3-4,7-8,11-12H2,1-2H3. The molecule has 1 saturated carbocycles. The Labute approximate surface area is 139 Å². The molecule has 3 rings (SSSR count). The SMILES string of the molecule is CCCC1CCC(c2ccc(-c3ccc(C)cc3)c(F)c2)CC1. The van der Waals surface area contributed by atoms with Crippen molar-refractivity contribution < 1.29 is 4.39 Å². The van der Waals surface area contributed by atoms with Gasteiger partial charge in [0, 0.05) is 5.56 Å². The topological polar surface area (TPSA) is 0 Å². The fraction of sp³-hybridized carbons (Fsp3) is 0.455. The summed E-state index contributed by atoms with van der Waals surface area (Å²) in [7, 11) is 0. The van der Waals surface area contributed by atoms with Gasteiger partial charge in [-0.2, -0.15) is 0 Å². The molecule has 0 radical (unpaired) electrons. The van der Waals surface area contributed by atoms with Crippen LogP contribution in [-0.2, 0) is 0 Å². The van der Waals surface area contributed by atoms with Crippen LogP contribution in [0.5, 0.6) is 0 Å². The number of halogens is 1. The molecule has 1 fully saturated rings. The summed E-state index contributed by atoms with van der Waals surface area (Å²) in [6, 6.07) is 14.0. The van der Waals surface area contributed by atoms with Gasteiger partial charge in [-0.1, -0.05) is 61.7 Å². The lowest BCUT2D eigenvalue weighted by atomic mass is 9.77. The lowest BCUT2D eigenvalue weighted by molar-refractivity contribution is 0.308. The summed E-state index contributed by atoms with van der Waals surface area (Å²) < 4.78 is 14.6. The minimum atomic E-state index is -0.0814. The van der Waals surface area contributed by atoms with Crippen molar-refractivity contribution in [2.24, 2.45) is 5.92 Å². The Bertz CT molecular complexity index is 634. The average Bonchev–Trinajstić information content (AvgIpc) is 2.57. The second-order valence-corrected chi connectivity index (χ2v) is 7.11. The summed E-state index contributed by atoms with van der Waals surface area (Å²) in [5, 5.41) is 0. The van der Waals surface area contributed by atoms with Gasteiger partial charge in [-0.05, 0) is 61.6 Å². The van der Waals surface area contributed by atoms with Gasteiger partial charge in [0.25, 0.3) is 0 Å². The van der Waals surface area contributed by atoms with E-state index in [-0.39, 0.29) is 5.82 Å². The maximum absolute atomic E-state index is 14.6. The van der Waals surface area contributed by atoms with E-state index in [1.165, 1.54) is 49.7 Å². The van der Waals surface area contributed by atoms with Crippen LogP contribution in [0, 0.1) is 18.7 Å². The monoisotopic (exact) mass is 310 g/mol. The number of benzene rings is 2. The van der Waals surface area contributed by atoms with Gasteiger partial charge in [0.15, 0.2) is 0 Å². The predicted octanol–water partition coefficient (Wildman–Crippen LogP) is 6.88. The molecule has 122 valence electrons. The minimum Gasteiger partial charge on any atom is -0.206 e. The molecule has 0 bridgehead atoms. The first kappa shape index (κ1) is 16.2. The Balaban J connectivity index is 1.74. The first-order chi connectivity index (χ1) is 11.2. The van der Waals surface area contributed by atoms with Crippen LogP contribution in [0.1, 0.15) is 62.5 Å². The highest BCUT2D eigenvalue weighted by atomic mass is 19.1. The zero-order valence-corrected chi connectivity index (χ0v) is 14.3. The predicted molar refractivity (Wildman–Crippen MR) is 96.2 cm³/mol. The Morgan fingerprint density at radius 1 is 0.957 bits per heavy atom. The Morgan fingerprint density at radius 3 is 2.26 bits per heavy atom. The third-order valence-corrected chi connectivity index (χ3v) is 5.37. The van der Waals surface area contributed by atoms with Crippen molar-refractivity contribution in [1.82, 2.24) is 0 Å². The molecule has 0 aliphatic heterocycles. The third-order valence-electron chi connectivity index (χ3n) is 5.37. The van der Waals surface area contributed by atoms with Gasteiger partial charge in [0.2, 0.25) is 0 Å². The Kier molecular flexibility index (Phi) is 5.15. The molecule has 0 N–H and O–H groups in total. The van der Waals surface area contributed by atoms with Crippen molar-refractivity contribution in [2.45, 2.75) is 58.3 Å². The third kappa shape index (κ3) is 3.83. The van der Waals surface area contributed by atoms with Crippen LogP contribution in [0.3, 0.4) is 0 Å². The number of rotatable bonds is 4. The zero-order valence-electron chi connectivity index (χ0n) is 14.3. The summed E-state index contributed by atoms with van der Waals surface area (Å²) >= 11 is 0. The first-order valence-corrected chi connectivity index (χ1v) is 9.04. The van der Waals surface area contributed by atoms with E-state index in [2.05, 4.69) is 19.9 Å². The molecule has 0 unspecified atom stereocenters. The maximum atomic E-state index is 14.6. The van der Waals surface area contributed by atoms with Gasteiger partial charge in [0.1, 0.15) is 5.82 Å². The maximum Gasteiger partial charge on any atom is 0.131 e. The van der Waals surface area contributed by atoms with Crippen LogP contribution < -0.4 is 0 Å². The summed E-state index contributed by atoms with van der Waals surface area (Å²) in [4.78, 5) is 0. The van der Waals surface area contributed by atoms with Crippen molar-refractivity contribution in [3.63, 3.8) is 0 Å². The minimum absolute atomic E-state index is 0.0814. The first-order valence-electron chi connectivity index (χ1n) is 9.04. The van der Waals surface area contributed by atoms with Crippen molar-refractivity contribution >= 4 is 0 Å². The van der Waals surface area contributed by atoms with Crippen LogP contribution in [-0.4, -0.2) is 0 Å². The molecular formula is C22H27F. The highest BCUT2D eigenvalue weighted by Gasteiger charge is 2.22. The van der Waals surface area contributed by atoms with E-state index in [0.717, 1.165) is 11.5 Å². The van der Waals surface area contributed by atoms with E-state index in [1.54, 1.807) is 6.07 Å². The molecule has 2 aromatic rings. The van der Waals surface area contributed by atoms with Crippen molar-refractivity contribution in [1.29, 1.82) is 0 Å². The highest BCUT2D eigenvalue weighted by molar-refractivity contribution is 5.64. The molecule has 0 saturated heterocycles. The summed E-state index contributed by atoms with van der Waals surface area (Å²) in [5.41, 5.74) is 4.07. The summed E-state index contributed by atoms with van der Waals surface area (Å²) in [5.74, 6) is 1.36. The van der Waals surface area contributed by atoms with Crippen LogP contribution >= 0.6 is 0 Å². The number of hydrogen-bond donors (Lipinski definition) is 0. The highest BCUT2D eigenvalue weighted by Crippen LogP contribution is 2.38. The van der Waals surface area contributed by atoms with Crippen molar-refractivity contribution in [2.75, 3.05) is 0 Å². The van der Waals surface area contributed by atoms with Crippen molar-refractivity contribution in [3.05, 3.63) is 59.4 Å². The fourth-order valence-corrected chi connectivity index (χ4v) is 3.95. The number of hydrogen-bond acceptors (Lipinski definition) is 0. The average molecular weight is 310 g/mol. The molecular weight excluding hydrogens is 283 g/mol. The molecule has 0 aromatic heterocycles. The quantitative estimate of drug-likeness (QED) is 0.577. The molecule has 1 heteroatoms. The lowest BCUT2D eigenvalue weighted by Crippen LogP contribution is -2.13. The van der Waals surface area contributed by atoms with Gasteiger partial charge in [-0.15, -0.1) is 0 Å². The molecule has 0 amide bonds. The second-order valence-electron chi connectivity index (χ2n) is 7.11. The van der Waals surface area contributed by atoms with Crippen LogP contribution in [0.4, 0.5) is 4.39 Å². The van der Waals surface area contributed by atoms with E-state index in [4.69, 9.17) is 0 Å². The normalized spacial score (nSPS) is 21.3. The smallest absolute Gasteiger partial charge is 0.131 e. The van der Waals surface area contributed by atoms with E-state index in [0.29, 0.717) is 11.5 Å². The van der Waals surface area contributed by atoms with Crippen LogP contribution in [0.2, 0.25) is 0 Å². The second kappa shape index (κ2) is 7.29. The molecule has 0 nitrogen and oxygen atoms in total. The molecule has 0 atom stereocenters. The molecule has 0 spiro atoms. The van der Waals surface area contributed by atoms with Gasteiger partial charge >= 0.3 is 0 Å². The number of aryl methyl sites for hydroxylation is 1. The molecule has 1 aliphatic carbocycles. The molecule has 23 heavy (non-hydrogen) atoms. The van der Waals surface area contributed by atoms with Crippen LogP contribution in [0.15, 0.2) is 42.5 Å². The molecule has 1 aliphatic rings. The van der Waals surface area contributed by atoms with Gasteiger partial charge in [-0.3, -0.25) is 0 Å². The largest absolute Gasteiger partial charge is 0.206 e. The molecule has 2 aromatic carbocycles. The fourth-order valence-electron chi connectivity index (χ4n) is 3.95. The van der Waals surface area contributed by atoms with E-state index >= 15 is 0 Å². The van der Waals surface area contributed by atoms with Gasteiger partial charge in [0.05, 0.1) is 0 Å². The van der Waals surface area contributed by atoms with E-state index < -0.39 is 0 Å². The zero-order chi connectivity index (χ0) is 16.2.